The van der Waals surface area contributed by atoms with Gasteiger partial charge in [-0.2, -0.15) is 0 Å². The Hall–Kier alpha value is -4.33. The molecule has 8 heteroatoms. The molecule has 0 bridgehead atoms. The van der Waals surface area contributed by atoms with Crippen molar-refractivity contribution in [3.05, 3.63) is 98.6 Å². The summed E-state index contributed by atoms with van der Waals surface area (Å²) < 4.78 is 0. The molecular weight excluding hydrogens is 398 g/mol. The fourth-order valence-corrected chi connectivity index (χ4v) is 3.46. The van der Waals surface area contributed by atoms with Crippen LogP contribution in [0, 0.1) is 24.0 Å². The molecule has 3 amide bonds. The van der Waals surface area contributed by atoms with Crippen LogP contribution in [0.15, 0.2) is 60.7 Å². The molecule has 0 atom stereocenters. The van der Waals surface area contributed by atoms with Crippen LogP contribution in [0.4, 0.5) is 17.1 Å². The Morgan fingerprint density at radius 3 is 2.39 bits per heavy atom. The van der Waals surface area contributed by atoms with Gasteiger partial charge in [-0.1, -0.05) is 18.2 Å². The average molecular weight is 415 g/mol. The zero-order valence-electron chi connectivity index (χ0n) is 16.7. The molecule has 1 heterocycles. The number of benzene rings is 3. The van der Waals surface area contributed by atoms with Crippen molar-refractivity contribution in [1.29, 1.82) is 0 Å². The van der Waals surface area contributed by atoms with E-state index in [0.717, 1.165) is 16.0 Å². The third-order valence-electron chi connectivity index (χ3n) is 5.22. The van der Waals surface area contributed by atoms with Gasteiger partial charge in [-0.15, -0.1) is 0 Å². The van der Waals surface area contributed by atoms with Crippen molar-refractivity contribution < 1.29 is 19.3 Å². The molecule has 3 aromatic carbocycles. The van der Waals surface area contributed by atoms with Crippen LogP contribution in [0.3, 0.4) is 0 Å². The number of aryl methyl sites for hydroxylation is 2. The molecule has 0 saturated carbocycles. The van der Waals surface area contributed by atoms with Gasteiger partial charge in [0, 0.05) is 17.3 Å². The highest BCUT2D eigenvalue weighted by atomic mass is 16.6. The van der Waals surface area contributed by atoms with Gasteiger partial charge in [0.2, 0.25) is 0 Å². The molecule has 0 aromatic heterocycles. The minimum absolute atomic E-state index is 0.0378. The maximum absolute atomic E-state index is 12.9. The fourth-order valence-electron chi connectivity index (χ4n) is 3.46. The SMILES string of the molecule is Cc1ccc(NC(=O)c2cccc(N3C(=O)c4cccc([N+](=O)[O-])c4C3=O)c2)cc1C. The normalized spacial score (nSPS) is 12.6. The van der Waals surface area contributed by atoms with Crippen molar-refractivity contribution in [2.45, 2.75) is 13.8 Å². The van der Waals surface area contributed by atoms with Crippen molar-refractivity contribution in [3.8, 4) is 0 Å². The average Bonchev–Trinajstić information content (AvgIpc) is 3.01. The molecule has 154 valence electrons. The predicted molar refractivity (Wildman–Crippen MR) is 115 cm³/mol. The van der Waals surface area contributed by atoms with Crippen LogP contribution in [0.2, 0.25) is 0 Å². The van der Waals surface area contributed by atoms with Crippen molar-refractivity contribution in [3.63, 3.8) is 0 Å². The van der Waals surface area contributed by atoms with Gasteiger partial charge in [-0.3, -0.25) is 24.5 Å². The minimum Gasteiger partial charge on any atom is -0.322 e. The second-order valence-electron chi connectivity index (χ2n) is 7.21. The molecule has 8 nitrogen and oxygen atoms in total. The third-order valence-corrected chi connectivity index (χ3v) is 5.22. The molecule has 3 aromatic rings. The summed E-state index contributed by atoms with van der Waals surface area (Å²) in [6.07, 6.45) is 0. The van der Waals surface area contributed by atoms with Gasteiger partial charge in [-0.05, 0) is 61.4 Å². The highest BCUT2D eigenvalue weighted by Crippen LogP contribution is 2.34. The summed E-state index contributed by atoms with van der Waals surface area (Å²) in [5, 5.41) is 14.1. The van der Waals surface area contributed by atoms with E-state index >= 15 is 0 Å². The van der Waals surface area contributed by atoms with Crippen LogP contribution in [0.5, 0.6) is 0 Å². The predicted octanol–water partition coefficient (Wildman–Crippen LogP) is 4.26. The van der Waals surface area contributed by atoms with Crippen molar-refractivity contribution in [2.75, 3.05) is 10.2 Å². The highest BCUT2D eigenvalue weighted by molar-refractivity contribution is 6.35. The van der Waals surface area contributed by atoms with Gasteiger partial charge >= 0.3 is 0 Å². The van der Waals surface area contributed by atoms with Gasteiger partial charge in [0.05, 0.1) is 16.2 Å². The molecule has 0 fully saturated rings. The number of fused-ring (bicyclic) bond motifs is 1. The number of nitro groups is 1. The number of anilines is 2. The number of nitrogens with one attached hydrogen (secondary N) is 1. The first-order chi connectivity index (χ1) is 14.8. The van der Waals surface area contributed by atoms with Gasteiger partial charge in [0.1, 0.15) is 5.56 Å². The van der Waals surface area contributed by atoms with E-state index in [2.05, 4.69) is 5.32 Å². The van der Waals surface area contributed by atoms with Crippen LogP contribution < -0.4 is 10.2 Å². The number of nitro benzene ring substituents is 1. The number of imide groups is 1. The van der Waals surface area contributed by atoms with E-state index in [-0.39, 0.29) is 22.4 Å². The number of carbonyl (C=O) groups excluding carboxylic acids is 3. The Labute approximate surface area is 177 Å². The quantitative estimate of drug-likeness (QED) is 0.389. The zero-order valence-corrected chi connectivity index (χ0v) is 16.7. The van der Waals surface area contributed by atoms with Crippen LogP contribution in [0.1, 0.15) is 42.2 Å². The summed E-state index contributed by atoms with van der Waals surface area (Å²) in [6.45, 7) is 3.91. The summed E-state index contributed by atoms with van der Waals surface area (Å²) in [7, 11) is 0. The van der Waals surface area contributed by atoms with E-state index in [1.807, 2.05) is 26.0 Å². The summed E-state index contributed by atoms with van der Waals surface area (Å²) in [6, 6.07) is 15.5. The number of amides is 3. The maximum Gasteiger partial charge on any atom is 0.283 e. The fraction of sp³-hybridized carbons (Fsp3) is 0.0870. The molecule has 0 radical (unpaired) electrons. The molecular formula is C23H17N3O5. The van der Waals surface area contributed by atoms with Gasteiger partial charge in [0.15, 0.2) is 0 Å². The first-order valence-electron chi connectivity index (χ1n) is 9.43. The number of carbonyl (C=O) groups is 3. The number of hydrogen-bond donors (Lipinski definition) is 1. The molecule has 0 spiro atoms. The molecule has 0 aliphatic carbocycles. The molecule has 1 N–H and O–H groups in total. The molecule has 31 heavy (non-hydrogen) atoms. The van der Waals surface area contributed by atoms with E-state index < -0.39 is 28.3 Å². The van der Waals surface area contributed by atoms with E-state index in [1.165, 1.54) is 30.3 Å². The molecule has 1 aliphatic rings. The first kappa shape index (κ1) is 20.0. The number of hydrogen-bond acceptors (Lipinski definition) is 5. The summed E-state index contributed by atoms with van der Waals surface area (Å²) in [5.41, 5.74) is 2.43. The lowest BCUT2D eigenvalue weighted by Crippen LogP contribution is -2.29. The number of rotatable bonds is 4. The Kier molecular flexibility index (Phi) is 4.82. The summed E-state index contributed by atoms with van der Waals surface area (Å²) in [5.74, 6) is -1.87. The second-order valence-corrected chi connectivity index (χ2v) is 7.21. The van der Waals surface area contributed by atoms with Gasteiger partial charge in [-0.25, -0.2) is 4.90 Å². The Balaban J connectivity index is 1.65. The Morgan fingerprint density at radius 1 is 0.935 bits per heavy atom. The van der Waals surface area contributed by atoms with E-state index in [0.29, 0.717) is 5.69 Å². The lowest BCUT2D eigenvalue weighted by molar-refractivity contribution is -0.385. The maximum atomic E-state index is 12.9. The van der Waals surface area contributed by atoms with Gasteiger partial charge < -0.3 is 5.32 Å². The second kappa shape index (κ2) is 7.49. The Bertz CT molecular complexity index is 1280. The minimum atomic E-state index is -0.793. The van der Waals surface area contributed by atoms with Crippen LogP contribution >= 0.6 is 0 Å². The van der Waals surface area contributed by atoms with Crippen LogP contribution in [0.25, 0.3) is 0 Å². The smallest absolute Gasteiger partial charge is 0.283 e. The topological polar surface area (TPSA) is 110 Å². The molecule has 4 rings (SSSR count). The highest BCUT2D eigenvalue weighted by Gasteiger charge is 2.41. The molecule has 0 saturated heterocycles. The Morgan fingerprint density at radius 2 is 1.68 bits per heavy atom. The van der Waals surface area contributed by atoms with E-state index in [1.54, 1.807) is 18.2 Å². The molecule has 0 unspecified atom stereocenters. The number of nitrogens with zero attached hydrogens (tertiary/aromatic N) is 2. The molecule has 1 aliphatic heterocycles. The van der Waals surface area contributed by atoms with Crippen molar-refractivity contribution in [1.82, 2.24) is 0 Å². The van der Waals surface area contributed by atoms with E-state index in [9.17, 15) is 24.5 Å². The van der Waals surface area contributed by atoms with Gasteiger partial charge in [0.25, 0.3) is 23.4 Å². The van der Waals surface area contributed by atoms with Crippen molar-refractivity contribution in [2.24, 2.45) is 0 Å². The van der Waals surface area contributed by atoms with Crippen LogP contribution in [-0.2, 0) is 0 Å². The monoisotopic (exact) mass is 415 g/mol. The third kappa shape index (κ3) is 3.44. The van der Waals surface area contributed by atoms with Crippen LogP contribution in [-0.4, -0.2) is 22.6 Å². The summed E-state index contributed by atoms with van der Waals surface area (Å²) >= 11 is 0. The zero-order chi connectivity index (χ0) is 22.3. The van der Waals surface area contributed by atoms with E-state index in [4.69, 9.17) is 0 Å². The van der Waals surface area contributed by atoms with Crippen molar-refractivity contribution >= 4 is 34.8 Å². The first-order valence-corrected chi connectivity index (χ1v) is 9.43. The summed E-state index contributed by atoms with van der Waals surface area (Å²) in [4.78, 5) is 49.8. The lowest BCUT2D eigenvalue weighted by Gasteiger charge is -2.15. The lowest BCUT2D eigenvalue weighted by atomic mass is 10.1. The standard InChI is InChI=1S/C23H17N3O5/c1-13-9-10-16(11-14(13)2)24-21(27)15-5-3-6-17(12-15)25-22(28)18-7-4-8-19(26(30)31)20(18)23(25)29/h3-12H,1-2H3,(H,24,27). The largest absolute Gasteiger partial charge is 0.322 e.